The van der Waals surface area contributed by atoms with Gasteiger partial charge in [-0.05, 0) is 30.2 Å². The number of hydrogen-bond acceptors (Lipinski definition) is 4. The Balaban J connectivity index is 1.66. The number of halogens is 1. The van der Waals surface area contributed by atoms with Crippen LogP contribution in [0.25, 0.3) is 0 Å². The minimum absolute atomic E-state index is 0.281. The van der Waals surface area contributed by atoms with E-state index >= 15 is 0 Å². The predicted octanol–water partition coefficient (Wildman–Crippen LogP) is 2.45. The standard InChI is InChI=1S/C15H14ClNO4/c16-13-3-1-11(2-4-13)5-7-17-14(18)10-21-15(19)12-6-8-20-9-12/h1-4,6,8-9H,5,7,10H2,(H,17,18). The molecule has 2 rings (SSSR count). The monoisotopic (exact) mass is 307 g/mol. The normalized spacial score (nSPS) is 10.1. The van der Waals surface area contributed by atoms with Gasteiger partial charge >= 0.3 is 5.97 Å². The van der Waals surface area contributed by atoms with E-state index in [0.717, 1.165) is 5.56 Å². The molecule has 0 aliphatic carbocycles. The van der Waals surface area contributed by atoms with Gasteiger partial charge in [-0.3, -0.25) is 4.79 Å². The van der Waals surface area contributed by atoms with Gasteiger partial charge < -0.3 is 14.5 Å². The van der Waals surface area contributed by atoms with Crippen molar-refractivity contribution in [3.63, 3.8) is 0 Å². The predicted molar refractivity (Wildman–Crippen MR) is 77.2 cm³/mol. The van der Waals surface area contributed by atoms with E-state index in [0.29, 0.717) is 18.0 Å². The molecule has 0 atom stereocenters. The lowest BCUT2D eigenvalue weighted by Crippen LogP contribution is -2.30. The maximum absolute atomic E-state index is 11.5. The molecule has 1 aromatic carbocycles. The number of amides is 1. The smallest absolute Gasteiger partial charge is 0.341 e. The highest BCUT2D eigenvalue weighted by atomic mass is 35.5. The van der Waals surface area contributed by atoms with Crippen molar-refractivity contribution in [3.05, 3.63) is 59.0 Å². The average molecular weight is 308 g/mol. The van der Waals surface area contributed by atoms with Gasteiger partial charge in [-0.15, -0.1) is 0 Å². The molecule has 1 amide bonds. The molecule has 110 valence electrons. The molecule has 0 bridgehead atoms. The first-order valence-electron chi connectivity index (χ1n) is 6.35. The Morgan fingerprint density at radius 3 is 2.62 bits per heavy atom. The highest BCUT2D eigenvalue weighted by Gasteiger charge is 2.10. The highest BCUT2D eigenvalue weighted by molar-refractivity contribution is 6.30. The molecule has 0 aliphatic heterocycles. The molecular weight excluding hydrogens is 294 g/mol. The maximum Gasteiger partial charge on any atom is 0.341 e. The number of nitrogens with one attached hydrogen (secondary N) is 1. The van der Waals surface area contributed by atoms with Crippen molar-refractivity contribution in [1.82, 2.24) is 5.32 Å². The fourth-order valence-corrected chi connectivity index (χ4v) is 1.77. The molecule has 0 unspecified atom stereocenters. The molecule has 6 heteroatoms. The van der Waals surface area contributed by atoms with Gasteiger partial charge in [0.2, 0.25) is 0 Å². The highest BCUT2D eigenvalue weighted by Crippen LogP contribution is 2.09. The van der Waals surface area contributed by atoms with E-state index in [1.165, 1.54) is 18.6 Å². The van der Waals surface area contributed by atoms with Crippen LogP contribution in [-0.2, 0) is 16.0 Å². The largest absolute Gasteiger partial charge is 0.472 e. The third-order valence-corrected chi connectivity index (χ3v) is 2.99. The van der Waals surface area contributed by atoms with Crippen molar-refractivity contribution in [2.24, 2.45) is 0 Å². The lowest BCUT2D eigenvalue weighted by molar-refractivity contribution is -0.124. The Hall–Kier alpha value is -2.27. The van der Waals surface area contributed by atoms with E-state index in [2.05, 4.69) is 5.32 Å². The molecule has 0 spiro atoms. The van der Waals surface area contributed by atoms with Crippen molar-refractivity contribution in [3.8, 4) is 0 Å². The summed E-state index contributed by atoms with van der Waals surface area (Å²) in [7, 11) is 0. The second-order valence-electron chi connectivity index (χ2n) is 4.31. The Labute approximate surface area is 126 Å². The van der Waals surface area contributed by atoms with Crippen LogP contribution in [0.5, 0.6) is 0 Å². The number of esters is 1. The Morgan fingerprint density at radius 1 is 1.19 bits per heavy atom. The molecule has 0 aliphatic rings. The lowest BCUT2D eigenvalue weighted by atomic mass is 10.1. The first kappa shape index (κ1) is 15.1. The summed E-state index contributed by atoms with van der Waals surface area (Å²) in [5.74, 6) is -0.933. The summed E-state index contributed by atoms with van der Waals surface area (Å²) in [5.41, 5.74) is 1.35. The van der Waals surface area contributed by atoms with Gasteiger partial charge in [-0.25, -0.2) is 4.79 Å². The van der Waals surface area contributed by atoms with Crippen molar-refractivity contribution in [2.45, 2.75) is 6.42 Å². The van der Waals surface area contributed by atoms with E-state index in [9.17, 15) is 9.59 Å². The van der Waals surface area contributed by atoms with Gasteiger partial charge in [0.15, 0.2) is 6.61 Å². The van der Waals surface area contributed by atoms with E-state index < -0.39 is 5.97 Å². The van der Waals surface area contributed by atoms with Gasteiger partial charge in [-0.2, -0.15) is 0 Å². The zero-order valence-electron chi connectivity index (χ0n) is 11.2. The third kappa shape index (κ3) is 4.96. The van der Waals surface area contributed by atoms with Crippen molar-refractivity contribution in [1.29, 1.82) is 0 Å². The summed E-state index contributed by atoms with van der Waals surface area (Å²) in [6.45, 7) is 0.147. The van der Waals surface area contributed by atoms with Gasteiger partial charge in [0.1, 0.15) is 6.26 Å². The number of benzene rings is 1. The summed E-state index contributed by atoms with van der Waals surface area (Å²) in [5, 5.41) is 3.35. The van der Waals surface area contributed by atoms with Gasteiger partial charge in [-0.1, -0.05) is 23.7 Å². The molecule has 0 saturated carbocycles. The fourth-order valence-electron chi connectivity index (χ4n) is 1.64. The van der Waals surface area contributed by atoms with E-state index in [1.54, 1.807) is 12.1 Å². The van der Waals surface area contributed by atoms with Crippen molar-refractivity contribution in [2.75, 3.05) is 13.2 Å². The first-order chi connectivity index (χ1) is 10.1. The van der Waals surface area contributed by atoms with Gasteiger partial charge in [0.25, 0.3) is 5.91 Å². The van der Waals surface area contributed by atoms with Crippen LogP contribution in [0.3, 0.4) is 0 Å². The average Bonchev–Trinajstić information content (AvgIpc) is 3.01. The minimum Gasteiger partial charge on any atom is -0.472 e. The Morgan fingerprint density at radius 2 is 1.95 bits per heavy atom. The summed E-state index contributed by atoms with van der Waals surface area (Å²) < 4.78 is 9.59. The number of carbonyl (C=O) groups excluding carboxylic acids is 2. The molecule has 1 aromatic heterocycles. The summed E-state index contributed by atoms with van der Waals surface area (Å²) in [6, 6.07) is 8.86. The number of ether oxygens (including phenoxy) is 1. The van der Waals surface area contributed by atoms with Gasteiger partial charge in [0, 0.05) is 11.6 Å². The topological polar surface area (TPSA) is 68.5 Å². The summed E-state index contributed by atoms with van der Waals surface area (Å²) in [4.78, 5) is 23.0. The number of carbonyl (C=O) groups is 2. The molecular formula is C15H14ClNO4. The molecule has 0 fully saturated rings. The molecule has 0 saturated heterocycles. The van der Waals surface area contributed by atoms with Crippen LogP contribution < -0.4 is 5.32 Å². The molecule has 1 heterocycles. The fraction of sp³-hybridized carbons (Fsp3) is 0.200. The van der Waals surface area contributed by atoms with Crippen molar-refractivity contribution < 1.29 is 18.7 Å². The third-order valence-electron chi connectivity index (χ3n) is 2.74. The quantitative estimate of drug-likeness (QED) is 0.832. The van der Waals surface area contributed by atoms with E-state index in [1.807, 2.05) is 12.1 Å². The Bertz CT molecular complexity index is 593. The minimum atomic E-state index is -0.586. The molecule has 1 N–H and O–H groups in total. The second kappa shape index (κ2) is 7.50. The number of furan rings is 1. The van der Waals surface area contributed by atoms with E-state index in [4.69, 9.17) is 20.8 Å². The molecule has 5 nitrogen and oxygen atoms in total. The van der Waals surface area contributed by atoms with Crippen LogP contribution >= 0.6 is 11.6 Å². The Kier molecular flexibility index (Phi) is 5.40. The van der Waals surface area contributed by atoms with Crippen LogP contribution in [0.4, 0.5) is 0 Å². The summed E-state index contributed by atoms with van der Waals surface area (Å²) >= 11 is 5.78. The van der Waals surface area contributed by atoms with Crippen LogP contribution in [-0.4, -0.2) is 25.0 Å². The van der Waals surface area contributed by atoms with Crippen LogP contribution in [0.2, 0.25) is 5.02 Å². The van der Waals surface area contributed by atoms with Crippen LogP contribution in [0.1, 0.15) is 15.9 Å². The van der Waals surface area contributed by atoms with E-state index in [-0.39, 0.29) is 18.1 Å². The maximum atomic E-state index is 11.5. The van der Waals surface area contributed by atoms with Crippen LogP contribution in [0.15, 0.2) is 47.3 Å². The second-order valence-corrected chi connectivity index (χ2v) is 4.75. The first-order valence-corrected chi connectivity index (χ1v) is 6.73. The van der Waals surface area contributed by atoms with Crippen molar-refractivity contribution >= 4 is 23.5 Å². The SMILES string of the molecule is O=C(COC(=O)c1ccoc1)NCCc1ccc(Cl)cc1. The van der Waals surface area contributed by atoms with Gasteiger partial charge in [0.05, 0.1) is 11.8 Å². The molecule has 0 radical (unpaired) electrons. The zero-order valence-corrected chi connectivity index (χ0v) is 11.9. The molecule has 2 aromatic rings. The lowest BCUT2D eigenvalue weighted by Gasteiger charge is -2.06. The summed E-state index contributed by atoms with van der Waals surface area (Å²) in [6.07, 6.45) is 3.31. The zero-order chi connectivity index (χ0) is 15.1. The van der Waals surface area contributed by atoms with Crippen LogP contribution in [0, 0.1) is 0 Å². The molecule has 21 heavy (non-hydrogen) atoms. The number of rotatable bonds is 6. The number of hydrogen-bond donors (Lipinski definition) is 1.